The first kappa shape index (κ1) is 18.5. The van der Waals surface area contributed by atoms with Crippen molar-refractivity contribution in [3.8, 4) is 0 Å². The van der Waals surface area contributed by atoms with E-state index < -0.39 is 11.6 Å². The van der Waals surface area contributed by atoms with Crippen molar-refractivity contribution in [3.05, 3.63) is 59.7 Å². The van der Waals surface area contributed by atoms with Crippen LogP contribution < -0.4 is 0 Å². The number of amides is 2. The maximum atomic E-state index is 13.4. The van der Waals surface area contributed by atoms with Crippen LogP contribution in [0.25, 0.3) is 0 Å². The molecule has 0 unspecified atom stereocenters. The second kappa shape index (κ2) is 7.26. The first-order valence-electron chi connectivity index (χ1n) is 9.22. The van der Waals surface area contributed by atoms with E-state index in [1.807, 2.05) is 0 Å². The lowest BCUT2D eigenvalue weighted by Gasteiger charge is -2.38. The molecule has 2 aromatic rings. The zero-order valence-corrected chi connectivity index (χ0v) is 15.3. The predicted molar refractivity (Wildman–Crippen MR) is 96.0 cm³/mol. The van der Waals surface area contributed by atoms with Gasteiger partial charge in [0.15, 0.2) is 0 Å². The van der Waals surface area contributed by atoms with E-state index in [9.17, 15) is 18.4 Å². The van der Waals surface area contributed by atoms with Gasteiger partial charge in [-0.3, -0.25) is 14.6 Å². The highest BCUT2D eigenvalue weighted by atomic mass is 19.1. The molecule has 2 amide bonds. The van der Waals surface area contributed by atoms with Crippen molar-refractivity contribution < 1.29 is 18.4 Å². The standard InChI is InChI=1S/C20H20F2N4O2/c21-15-7-14(8-16(22)9-15)12-26-13-20(10-18(26)27)1-5-25(6-2-20)19(28)17-11-23-3-4-24-17/h3-4,7-9,11H,1-2,5-6,10,12-13H2. The third-order valence-corrected chi connectivity index (χ3v) is 5.59. The monoisotopic (exact) mass is 386 g/mol. The fraction of sp³-hybridized carbons (Fsp3) is 0.400. The lowest BCUT2D eigenvalue weighted by molar-refractivity contribution is -0.128. The molecule has 2 aliphatic heterocycles. The number of halogens is 2. The second-order valence-electron chi connectivity index (χ2n) is 7.59. The third kappa shape index (κ3) is 3.72. The average Bonchev–Trinajstić information content (AvgIpc) is 2.96. The van der Waals surface area contributed by atoms with Gasteiger partial charge in [0.1, 0.15) is 17.3 Å². The smallest absolute Gasteiger partial charge is 0.274 e. The Bertz CT molecular complexity index is 878. The molecule has 3 heterocycles. The molecule has 0 N–H and O–H groups in total. The summed E-state index contributed by atoms with van der Waals surface area (Å²) in [5.41, 5.74) is 0.566. The minimum Gasteiger partial charge on any atom is -0.338 e. The number of hydrogen-bond donors (Lipinski definition) is 0. The van der Waals surface area contributed by atoms with Crippen LogP contribution in [-0.2, 0) is 11.3 Å². The Kier molecular flexibility index (Phi) is 4.78. The highest BCUT2D eigenvalue weighted by Gasteiger charge is 2.45. The maximum Gasteiger partial charge on any atom is 0.274 e. The van der Waals surface area contributed by atoms with Gasteiger partial charge in [-0.25, -0.2) is 13.8 Å². The highest BCUT2D eigenvalue weighted by molar-refractivity contribution is 5.92. The summed E-state index contributed by atoms with van der Waals surface area (Å²) >= 11 is 0. The summed E-state index contributed by atoms with van der Waals surface area (Å²) in [5, 5.41) is 0. The van der Waals surface area contributed by atoms with Crippen molar-refractivity contribution in [1.82, 2.24) is 19.8 Å². The lowest BCUT2D eigenvalue weighted by atomic mass is 9.77. The fourth-order valence-electron chi connectivity index (χ4n) is 4.14. The quantitative estimate of drug-likeness (QED) is 0.813. The van der Waals surface area contributed by atoms with Gasteiger partial charge in [0, 0.05) is 56.5 Å². The van der Waals surface area contributed by atoms with Gasteiger partial charge in [0.05, 0.1) is 6.20 Å². The minimum atomic E-state index is -0.646. The topological polar surface area (TPSA) is 66.4 Å². The molecule has 0 aliphatic carbocycles. The molecule has 146 valence electrons. The predicted octanol–water partition coefficient (Wildman–Crippen LogP) is 2.41. The number of carbonyl (C=O) groups excluding carboxylic acids is 2. The second-order valence-corrected chi connectivity index (χ2v) is 7.59. The molecule has 2 fully saturated rings. The van der Waals surface area contributed by atoms with E-state index in [1.54, 1.807) is 9.80 Å². The Hall–Kier alpha value is -2.90. The molecule has 8 heteroatoms. The van der Waals surface area contributed by atoms with Gasteiger partial charge in [-0.1, -0.05) is 0 Å². The molecule has 4 rings (SSSR count). The Morgan fingerprint density at radius 1 is 1.11 bits per heavy atom. The maximum absolute atomic E-state index is 13.4. The van der Waals surface area contributed by atoms with Crippen molar-refractivity contribution in [2.45, 2.75) is 25.8 Å². The summed E-state index contributed by atoms with van der Waals surface area (Å²) < 4.78 is 26.8. The largest absolute Gasteiger partial charge is 0.338 e. The lowest BCUT2D eigenvalue weighted by Crippen LogP contribution is -2.44. The van der Waals surface area contributed by atoms with Crippen LogP contribution in [-0.4, -0.2) is 51.2 Å². The van der Waals surface area contributed by atoms with E-state index in [1.165, 1.54) is 30.7 Å². The number of piperidine rings is 1. The molecule has 0 atom stereocenters. The number of hydrogen-bond acceptors (Lipinski definition) is 4. The molecule has 1 aromatic carbocycles. The van der Waals surface area contributed by atoms with Gasteiger partial charge in [-0.15, -0.1) is 0 Å². The number of rotatable bonds is 3. The number of benzene rings is 1. The summed E-state index contributed by atoms with van der Waals surface area (Å²) in [6, 6.07) is 3.33. The van der Waals surface area contributed by atoms with Crippen molar-refractivity contribution in [1.29, 1.82) is 0 Å². The number of aromatic nitrogens is 2. The van der Waals surface area contributed by atoms with Crippen LogP contribution in [0, 0.1) is 17.0 Å². The van der Waals surface area contributed by atoms with E-state index in [4.69, 9.17) is 0 Å². The van der Waals surface area contributed by atoms with Crippen LogP contribution in [0.2, 0.25) is 0 Å². The van der Waals surface area contributed by atoms with Crippen LogP contribution in [0.4, 0.5) is 8.78 Å². The van der Waals surface area contributed by atoms with Gasteiger partial charge in [0.2, 0.25) is 5.91 Å². The van der Waals surface area contributed by atoms with Gasteiger partial charge in [0.25, 0.3) is 5.91 Å². The van der Waals surface area contributed by atoms with Crippen LogP contribution in [0.1, 0.15) is 35.3 Å². The van der Waals surface area contributed by atoms with Gasteiger partial charge in [-0.2, -0.15) is 0 Å². The highest BCUT2D eigenvalue weighted by Crippen LogP contribution is 2.41. The van der Waals surface area contributed by atoms with E-state index in [2.05, 4.69) is 9.97 Å². The normalized spacial score (nSPS) is 18.7. The third-order valence-electron chi connectivity index (χ3n) is 5.59. The van der Waals surface area contributed by atoms with Crippen molar-refractivity contribution >= 4 is 11.8 Å². The summed E-state index contributed by atoms with van der Waals surface area (Å²) in [7, 11) is 0. The molecule has 28 heavy (non-hydrogen) atoms. The number of nitrogens with zero attached hydrogens (tertiary/aromatic N) is 4. The average molecular weight is 386 g/mol. The molecule has 6 nitrogen and oxygen atoms in total. The van der Waals surface area contributed by atoms with E-state index in [0.717, 1.165) is 6.07 Å². The van der Waals surface area contributed by atoms with E-state index >= 15 is 0 Å². The zero-order chi connectivity index (χ0) is 19.7. The molecule has 0 radical (unpaired) electrons. The first-order chi connectivity index (χ1) is 13.4. The van der Waals surface area contributed by atoms with E-state index in [0.29, 0.717) is 50.2 Å². The van der Waals surface area contributed by atoms with Gasteiger partial charge < -0.3 is 9.80 Å². The summed E-state index contributed by atoms with van der Waals surface area (Å²) in [5.74, 6) is -1.46. The van der Waals surface area contributed by atoms with Gasteiger partial charge in [-0.05, 0) is 30.5 Å². The minimum absolute atomic E-state index is 0.0154. The molecular formula is C20H20F2N4O2. The summed E-state index contributed by atoms with van der Waals surface area (Å²) in [6.45, 7) is 1.82. The zero-order valence-electron chi connectivity index (χ0n) is 15.3. The Balaban J connectivity index is 1.39. The Morgan fingerprint density at radius 3 is 2.46 bits per heavy atom. The molecule has 0 saturated carbocycles. The molecule has 1 spiro atoms. The first-order valence-corrected chi connectivity index (χ1v) is 9.22. The van der Waals surface area contributed by atoms with Crippen molar-refractivity contribution in [3.63, 3.8) is 0 Å². The van der Waals surface area contributed by atoms with Gasteiger partial charge >= 0.3 is 0 Å². The van der Waals surface area contributed by atoms with Crippen molar-refractivity contribution in [2.75, 3.05) is 19.6 Å². The Labute approximate surface area is 161 Å². The van der Waals surface area contributed by atoms with Crippen LogP contribution in [0.3, 0.4) is 0 Å². The SMILES string of the molecule is O=C1CC2(CCN(C(=O)c3cnccn3)CC2)CN1Cc1cc(F)cc(F)c1. The molecule has 1 aromatic heterocycles. The fourth-order valence-corrected chi connectivity index (χ4v) is 4.14. The summed E-state index contributed by atoms with van der Waals surface area (Å²) in [6.07, 6.45) is 6.27. The van der Waals surface area contributed by atoms with Crippen LogP contribution in [0.15, 0.2) is 36.8 Å². The molecule has 2 aliphatic rings. The number of likely N-dealkylation sites (tertiary alicyclic amines) is 2. The number of carbonyl (C=O) groups is 2. The van der Waals surface area contributed by atoms with Crippen LogP contribution in [0.5, 0.6) is 0 Å². The molecule has 0 bridgehead atoms. The molecule has 2 saturated heterocycles. The Morgan fingerprint density at radius 2 is 1.82 bits per heavy atom. The van der Waals surface area contributed by atoms with E-state index in [-0.39, 0.29) is 23.8 Å². The summed E-state index contributed by atoms with van der Waals surface area (Å²) in [4.78, 5) is 36.4. The van der Waals surface area contributed by atoms with Crippen LogP contribution >= 0.6 is 0 Å². The molecular weight excluding hydrogens is 366 g/mol. The van der Waals surface area contributed by atoms with Crippen molar-refractivity contribution in [2.24, 2.45) is 5.41 Å².